The Kier molecular flexibility index (Phi) is 5.57. The molecule has 4 nitrogen and oxygen atoms in total. The molecule has 3 rings (SSSR count). The molecule has 0 saturated carbocycles. The molecule has 2 aliphatic rings. The molecule has 1 atom stereocenters. The van der Waals surface area contributed by atoms with E-state index in [9.17, 15) is 4.79 Å². The van der Waals surface area contributed by atoms with Crippen LogP contribution >= 0.6 is 0 Å². The zero-order chi connectivity index (χ0) is 17.1. The van der Waals surface area contributed by atoms with Gasteiger partial charge in [-0.25, -0.2) is 0 Å². The number of carbonyl (C=O) groups is 1. The molecule has 1 fully saturated rings. The van der Waals surface area contributed by atoms with Crippen molar-refractivity contribution in [2.24, 2.45) is 0 Å². The van der Waals surface area contributed by atoms with E-state index in [4.69, 9.17) is 0 Å². The van der Waals surface area contributed by atoms with Crippen molar-refractivity contribution in [3.8, 4) is 0 Å². The van der Waals surface area contributed by atoms with Crippen molar-refractivity contribution in [1.82, 2.24) is 14.7 Å². The topological polar surface area (TPSA) is 26.8 Å². The molecule has 1 aromatic rings. The number of rotatable bonds is 4. The van der Waals surface area contributed by atoms with Crippen LogP contribution in [0.5, 0.6) is 0 Å². The second kappa shape index (κ2) is 7.66. The Balaban J connectivity index is 1.61. The van der Waals surface area contributed by atoms with Crippen LogP contribution < -0.4 is 0 Å². The first kappa shape index (κ1) is 17.4. The lowest BCUT2D eigenvalue weighted by molar-refractivity contribution is -0.135. The molecule has 0 bridgehead atoms. The van der Waals surface area contributed by atoms with Crippen LogP contribution in [0, 0.1) is 0 Å². The molecular formula is C20H31N3O. The van der Waals surface area contributed by atoms with E-state index < -0.39 is 0 Å². The van der Waals surface area contributed by atoms with Crippen LogP contribution in [0.4, 0.5) is 0 Å². The number of hydrogen-bond acceptors (Lipinski definition) is 3. The normalized spacial score (nSPS) is 22.7. The molecular weight excluding hydrogens is 298 g/mol. The van der Waals surface area contributed by atoms with Gasteiger partial charge in [0.1, 0.15) is 0 Å². The van der Waals surface area contributed by atoms with Gasteiger partial charge in [0.05, 0.1) is 6.54 Å². The summed E-state index contributed by atoms with van der Waals surface area (Å²) >= 11 is 0. The minimum Gasteiger partial charge on any atom is -0.339 e. The summed E-state index contributed by atoms with van der Waals surface area (Å²) in [7, 11) is 0. The Morgan fingerprint density at radius 1 is 1.12 bits per heavy atom. The lowest BCUT2D eigenvalue weighted by atomic mass is 9.91. The number of carbonyl (C=O) groups excluding carboxylic acids is 1. The molecule has 1 saturated heterocycles. The Hall–Kier alpha value is -1.39. The van der Waals surface area contributed by atoms with Gasteiger partial charge in [-0.1, -0.05) is 31.2 Å². The molecule has 2 aliphatic heterocycles. The summed E-state index contributed by atoms with van der Waals surface area (Å²) < 4.78 is 0. The van der Waals surface area contributed by atoms with Gasteiger partial charge in [-0.3, -0.25) is 14.6 Å². The minimum absolute atomic E-state index is 0.302. The number of piperazine rings is 1. The van der Waals surface area contributed by atoms with Crippen molar-refractivity contribution in [2.75, 3.05) is 39.3 Å². The van der Waals surface area contributed by atoms with Gasteiger partial charge >= 0.3 is 0 Å². The van der Waals surface area contributed by atoms with E-state index in [1.165, 1.54) is 11.1 Å². The van der Waals surface area contributed by atoms with Crippen LogP contribution in [0.25, 0.3) is 0 Å². The molecule has 1 unspecified atom stereocenters. The fourth-order valence-electron chi connectivity index (χ4n) is 4.13. The largest absolute Gasteiger partial charge is 0.339 e. The van der Waals surface area contributed by atoms with Gasteiger partial charge in [0.25, 0.3) is 0 Å². The molecule has 0 aliphatic carbocycles. The molecule has 4 heteroatoms. The first-order valence-corrected chi connectivity index (χ1v) is 9.43. The summed E-state index contributed by atoms with van der Waals surface area (Å²) in [6.07, 6.45) is 2.12. The van der Waals surface area contributed by atoms with E-state index in [1.807, 2.05) is 0 Å². The van der Waals surface area contributed by atoms with Gasteiger partial charge in [-0.15, -0.1) is 0 Å². The van der Waals surface area contributed by atoms with Crippen LogP contribution in [0.3, 0.4) is 0 Å². The van der Waals surface area contributed by atoms with Crippen molar-refractivity contribution in [3.63, 3.8) is 0 Å². The third-order valence-electron chi connectivity index (χ3n) is 5.65. The van der Waals surface area contributed by atoms with E-state index in [-0.39, 0.29) is 0 Å². The number of hydrogen-bond donors (Lipinski definition) is 0. The lowest BCUT2D eigenvalue weighted by Gasteiger charge is -2.40. The predicted octanol–water partition coefficient (Wildman–Crippen LogP) is 2.55. The number of nitrogens with zero attached hydrogens (tertiary/aromatic N) is 3. The van der Waals surface area contributed by atoms with Crippen LogP contribution in [0.2, 0.25) is 0 Å². The number of fused-ring (bicyclic) bond motifs is 1. The maximum Gasteiger partial charge on any atom is 0.236 e. The van der Waals surface area contributed by atoms with Crippen molar-refractivity contribution in [2.45, 2.75) is 45.7 Å². The Morgan fingerprint density at radius 2 is 1.83 bits per heavy atom. The summed E-state index contributed by atoms with van der Waals surface area (Å²) in [5.74, 6) is 0.302. The monoisotopic (exact) mass is 329 g/mol. The first-order valence-electron chi connectivity index (χ1n) is 9.43. The molecule has 0 radical (unpaired) electrons. The Bertz CT molecular complexity index is 564. The van der Waals surface area contributed by atoms with Crippen molar-refractivity contribution < 1.29 is 4.79 Å². The molecule has 2 heterocycles. The Labute approximate surface area is 146 Å². The maximum absolute atomic E-state index is 12.8. The number of amides is 1. The second-order valence-electron chi connectivity index (χ2n) is 7.35. The van der Waals surface area contributed by atoms with E-state index in [0.717, 1.165) is 45.6 Å². The van der Waals surface area contributed by atoms with Gasteiger partial charge in [0.15, 0.2) is 0 Å². The summed E-state index contributed by atoms with van der Waals surface area (Å²) in [6, 6.07) is 9.68. The molecule has 24 heavy (non-hydrogen) atoms. The summed E-state index contributed by atoms with van der Waals surface area (Å²) in [5.41, 5.74) is 2.88. The van der Waals surface area contributed by atoms with Crippen molar-refractivity contribution in [1.29, 1.82) is 0 Å². The Morgan fingerprint density at radius 3 is 2.50 bits per heavy atom. The van der Waals surface area contributed by atoms with E-state index in [0.29, 0.717) is 24.5 Å². The van der Waals surface area contributed by atoms with Crippen LogP contribution in [-0.2, 0) is 11.2 Å². The quantitative estimate of drug-likeness (QED) is 0.849. The molecule has 0 spiro atoms. The first-order chi connectivity index (χ1) is 11.6. The highest BCUT2D eigenvalue weighted by atomic mass is 16.2. The molecule has 0 aromatic heterocycles. The van der Waals surface area contributed by atoms with Crippen LogP contribution in [-0.4, -0.2) is 65.9 Å². The highest BCUT2D eigenvalue weighted by molar-refractivity contribution is 5.78. The highest BCUT2D eigenvalue weighted by Crippen LogP contribution is 2.31. The summed E-state index contributed by atoms with van der Waals surface area (Å²) in [4.78, 5) is 19.7. The molecule has 132 valence electrons. The minimum atomic E-state index is 0.302. The van der Waals surface area contributed by atoms with E-state index in [2.05, 4.69) is 59.7 Å². The third kappa shape index (κ3) is 3.65. The lowest BCUT2D eigenvalue weighted by Crippen LogP contribution is -2.53. The van der Waals surface area contributed by atoms with Gasteiger partial charge in [0.2, 0.25) is 5.91 Å². The SMILES string of the molecule is CCC1c2ccccc2CCN1CC(=O)N1CCN(C(C)C)CC1. The smallest absolute Gasteiger partial charge is 0.236 e. The second-order valence-corrected chi connectivity index (χ2v) is 7.35. The number of benzene rings is 1. The summed E-state index contributed by atoms with van der Waals surface area (Å²) in [6.45, 7) is 12.0. The zero-order valence-corrected chi connectivity index (χ0v) is 15.4. The standard InChI is InChI=1S/C20H31N3O/c1-4-19-18-8-6-5-7-17(18)9-10-23(19)15-20(24)22-13-11-21(12-14-22)16(2)3/h5-8,16,19H,4,9-15H2,1-3H3. The van der Waals surface area contributed by atoms with Crippen molar-refractivity contribution in [3.05, 3.63) is 35.4 Å². The fraction of sp³-hybridized carbons (Fsp3) is 0.650. The van der Waals surface area contributed by atoms with E-state index >= 15 is 0 Å². The van der Waals surface area contributed by atoms with Gasteiger partial charge < -0.3 is 4.90 Å². The average molecular weight is 329 g/mol. The molecule has 1 amide bonds. The van der Waals surface area contributed by atoms with Gasteiger partial charge in [-0.2, -0.15) is 0 Å². The average Bonchev–Trinajstić information content (AvgIpc) is 2.61. The molecule has 0 N–H and O–H groups in total. The van der Waals surface area contributed by atoms with Crippen LogP contribution in [0.1, 0.15) is 44.4 Å². The van der Waals surface area contributed by atoms with Crippen molar-refractivity contribution >= 4 is 5.91 Å². The predicted molar refractivity (Wildman–Crippen MR) is 98.0 cm³/mol. The maximum atomic E-state index is 12.8. The molecule has 1 aromatic carbocycles. The highest BCUT2D eigenvalue weighted by Gasteiger charge is 2.29. The fourth-order valence-corrected chi connectivity index (χ4v) is 4.13. The zero-order valence-electron chi connectivity index (χ0n) is 15.4. The summed E-state index contributed by atoms with van der Waals surface area (Å²) in [5, 5.41) is 0. The van der Waals surface area contributed by atoms with Gasteiger partial charge in [-0.05, 0) is 37.8 Å². The third-order valence-corrected chi connectivity index (χ3v) is 5.65. The van der Waals surface area contributed by atoms with Crippen LogP contribution in [0.15, 0.2) is 24.3 Å². The van der Waals surface area contributed by atoms with E-state index in [1.54, 1.807) is 0 Å². The van der Waals surface area contributed by atoms with Gasteiger partial charge in [0, 0.05) is 44.8 Å².